The number of para-hydroxylation sites is 3. The van der Waals surface area contributed by atoms with Crippen molar-refractivity contribution in [2.45, 2.75) is 29.9 Å². The molecule has 2 fully saturated rings. The molecular formula is C26H26N4O4S. The first-order chi connectivity index (χ1) is 17.2. The van der Waals surface area contributed by atoms with E-state index in [-0.39, 0.29) is 18.4 Å². The summed E-state index contributed by atoms with van der Waals surface area (Å²) in [5, 5.41) is 1.86. The number of ether oxygens (including phenoxy) is 2. The average Bonchev–Trinajstić information content (AvgIpc) is 3.76. The van der Waals surface area contributed by atoms with Crippen molar-refractivity contribution >= 4 is 34.5 Å². The molecule has 35 heavy (non-hydrogen) atoms. The van der Waals surface area contributed by atoms with E-state index in [0.29, 0.717) is 49.3 Å². The van der Waals surface area contributed by atoms with Crippen LogP contribution in [0.15, 0.2) is 53.6 Å². The molecule has 3 aliphatic rings. The molecule has 6 rings (SSSR count). The fourth-order valence-electron chi connectivity index (χ4n) is 4.44. The normalized spacial score (nSPS) is 19.6. The lowest BCUT2D eigenvalue weighted by atomic mass is 10.2. The monoisotopic (exact) mass is 490 g/mol. The number of fused-ring (bicyclic) bond motifs is 2. The summed E-state index contributed by atoms with van der Waals surface area (Å²) >= 11 is 1.47. The van der Waals surface area contributed by atoms with Crippen LogP contribution in [0.4, 0.5) is 0 Å². The Hall–Kier alpha value is -3.33. The predicted octanol–water partition coefficient (Wildman–Crippen LogP) is 3.11. The number of piperazine rings is 1. The van der Waals surface area contributed by atoms with Gasteiger partial charge in [0.1, 0.15) is 17.5 Å². The second-order valence-electron chi connectivity index (χ2n) is 9.04. The molecule has 0 bridgehead atoms. The lowest BCUT2D eigenvalue weighted by Gasteiger charge is -2.37. The van der Waals surface area contributed by atoms with Crippen molar-refractivity contribution in [3.8, 4) is 11.5 Å². The van der Waals surface area contributed by atoms with E-state index in [0.717, 1.165) is 34.6 Å². The van der Waals surface area contributed by atoms with Gasteiger partial charge in [0.15, 0.2) is 11.5 Å². The van der Waals surface area contributed by atoms with Crippen LogP contribution in [0.2, 0.25) is 0 Å². The number of thioether (sulfide) groups is 1. The van der Waals surface area contributed by atoms with Crippen LogP contribution < -0.4 is 9.47 Å². The van der Waals surface area contributed by atoms with Crippen LogP contribution >= 0.6 is 11.8 Å². The number of carbonyl (C=O) groups excluding carboxylic acids is 2. The van der Waals surface area contributed by atoms with Gasteiger partial charge in [-0.1, -0.05) is 42.1 Å². The van der Waals surface area contributed by atoms with Crippen LogP contribution in [0, 0.1) is 0 Å². The Morgan fingerprint density at radius 2 is 1.63 bits per heavy atom. The van der Waals surface area contributed by atoms with Gasteiger partial charge in [0, 0.05) is 37.5 Å². The molecule has 0 spiro atoms. The number of hydrogen-bond acceptors (Lipinski definition) is 7. The first-order valence-electron chi connectivity index (χ1n) is 12.0. The molecule has 0 unspecified atom stereocenters. The molecule has 3 heterocycles. The van der Waals surface area contributed by atoms with Gasteiger partial charge < -0.3 is 19.3 Å². The van der Waals surface area contributed by atoms with Crippen molar-refractivity contribution in [3.05, 3.63) is 54.4 Å². The topological polar surface area (TPSA) is 84.9 Å². The van der Waals surface area contributed by atoms with Crippen molar-refractivity contribution in [2.24, 2.45) is 0 Å². The first-order valence-corrected chi connectivity index (χ1v) is 13.0. The van der Waals surface area contributed by atoms with Crippen LogP contribution in [0.1, 0.15) is 24.6 Å². The number of carbonyl (C=O) groups is 2. The molecule has 2 aromatic carbocycles. The minimum Gasteiger partial charge on any atom is -0.485 e. The van der Waals surface area contributed by atoms with E-state index >= 15 is 0 Å². The Morgan fingerprint density at radius 1 is 0.914 bits per heavy atom. The Balaban J connectivity index is 1.04. The van der Waals surface area contributed by atoms with Crippen LogP contribution in [0.5, 0.6) is 11.5 Å². The van der Waals surface area contributed by atoms with E-state index in [2.05, 4.69) is 0 Å². The molecule has 3 aromatic rings. The predicted molar refractivity (Wildman–Crippen MR) is 132 cm³/mol. The number of nitrogens with zero attached hydrogens (tertiary/aromatic N) is 4. The molecule has 1 aromatic heterocycles. The van der Waals surface area contributed by atoms with Crippen molar-refractivity contribution in [3.63, 3.8) is 0 Å². The second kappa shape index (κ2) is 9.37. The van der Waals surface area contributed by atoms with E-state index in [1.54, 1.807) is 11.0 Å². The minimum atomic E-state index is -0.658. The van der Waals surface area contributed by atoms with Gasteiger partial charge in [0.25, 0.3) is 5.91 Å². The Kier molecular flexibility index (Phi) is 5.93. The third-order valence-electron chi connectivity index (χ3n) is 6.59. The van der Waals surface area contributed by atoms with E-state index in [1.807, 2.05) is 47.4 Å². The van der Waals surface area contributed by atoms with Gasteiger partial charge in [-0.3, -0.25) is 9.59 Å². The zero-order valence-electron chi connectivity index (χ0n) is 19.3. The minimum absolute atomic E-state index is 0.0592. The zero-order chi connectivity index (χ0) is 23.8. The fourth-order valence-corrected chi connectivity index (χ4v) is 5.37. The third kappa shape index (κ3) is 4.65. The number of aromatic nitrogens is 2. The molecule has 0 N–H and O–H groups in total. The quantitative estimate of drug-likeness (QED) is 0.401. The summed E-state index contributed by atoms with van der Waals surface area (Å²) in [6.07, 6.45) is 1.61. The van der Waals surface area contributed by atoms with E-state index in [1.165, 1.54) is 11.8 Å². The lowest BCUT2D eigenvalue weighted by Crippen LogP contribution is -2.55. The van der Waals surface area contributed by atoms with Gasteiger partial charge in [0.2, 0.25) is 12.0 Å². The zero-order valence-corrected chi connectivity index (χ0v) is 20.1. The molecule has 2 aliphatic heterocycles. The highest BCUT2D eigenvalue weighted by Gasteiger charge is 2.33. The smallest absolute Gasteiger partial charge is 0.267 e. The lowest BCUT2D eigenvalue weighted by molar-refractivity contribution is -0.145. The maximum atomic E-state index is 13.0. The largest absolute Gasteiger partial charge is 0.485 e. The summed E-state index contributed by atoms with van der Waals surface area (Å²) in [5.41, 5.74) is 0.933. The van der Waals surface area contributed by atoms with Crippen molar-refractivity contribution in [2.75, 3.05) is 38.5 Å². The van der Waals surface area contributed by atoms with Gasteiger partial charge in [0.05, 0.1) is 11.3 Å². The van der Waals surface area contributed by atoms with Crippen LogP contribution in [0.3, 0.4) is 0 Å². The summed E-state index contributed by atoms with van der Waals surface area (Å²) in [4.78, 5) is 39.0. The molecule has 9 heteroatoms. The van der Waals surface area contributed by atoms with Crippen LogP contribution in [-0.2, 0) is 9.59 Å². The number of benzene rings is 2. The summed E-state index contributed by atoms with van der Waals surface area (Å²) < 4.78 is 11.6. The van der Waals surface area contributed by atoms with Gasteiger partial charge in [-0.05, 0) is 31.0 Å². The molecule has 2 amide bonds. The molecule has 180 valence electrons. The Labute approximate surface area is 207 Å². The summed E-state index contributed by atoms with van der Waals surface area (Å²) in [5.74, 6) is 2.87. The second-order valence-corrected chi connectivity index (χ2v) is 10.0. The Bertz CT molecular complexity index is 1270. The maximum absolute atomic E-state index is 13.0. The first kappa shape index (κ1) is 22.2. The maximum Gasteiger partial charge on any atom is 0.267 e. The number of rotatable bonds is 5. The highest BCUT2D eigenvalue weighted by molar-refractivity contribution is 8.00. The highest BCUT2D eigenvalue weighted by atomic mass is 32.2. The van der Waals surface area contributed by atoms with Crippen molar-refractivity contribution in [1.29, 1.82) is 0 Å². The van der Waals surface area contributed by atoms with Crippen LogP contribution in [0.25, 0.3) is 10.9 Å². The summed E-state index contributed by atoms with van der Waals surface area (Å²) in [6.45, 7) is 2.18. The molecule has 1 atom stereocenters. The van der Waals surface area contributed by atoms with Crippen molar-refractivity contribution in [1.82, 2.24) is 19.8 Å². The summed E-state index contributed by atoms with van der Waals surface area (Å²) in [6, 6.07) is 15.3. The molecule has 1 saturated heterocycles. The van der Waals surface area contributed by atoms with E-state index < -0.39 is 6.10 Å². The SMILES string of the molecule is O=C(CSc1nc(C2CC2)nc2ccccc12)N1CCN(C(=O)[C@H]2COc3ccccc3O2)CC1. The number of hydrogen-bond donors (Lipinski definition) is 0. The Morgan fingerprint density at radius 3 is 2.43 bits per heavy atom. The van der Waals surface area contributed by atoms with Gasteiger partial charge >= 0.3 is 0 Å². The molecule has 1 aliphatic carbocycles. The van der Waals surface area contributed by atoms with Crippen molar-refractivity contribution < 1.29 is 19.1 Å². The molecule has 1 saturated carbocycles. The van der Waals surface area contributed by atoms with Gasteiger partial charge in [-0.2, -0.15) is 0 Å². The van der Waals surface area contributed by atoms with Gasteiger partial charge in [-0.15, -0.1) is 0 Å². The van der Waals surface area contributed by atoms with Gasteiger partial charge in [-0.25, -0.2) is 9.97 Å². The summed E-state index contributed by atoms with van der Waals surface area (Å²) in [7, 11) is 0. The van der Waals surface area contributed by atoms with E-state index in [4.69, 9.17) is 19.4 Å². The number of amides is 2. The highest BCUT2D eigenvalue weighted by Crippen LogP contribution is 2.40. The average molecular weight is 491 g/mol. The standard InChI is InChI=1S/C26H26N4O4S/c31-23(16-35-25-18-5-1-2-6-19(18)27-24(28-25)17-9-10-17)29-11-13-30(14-12-29)26(32)22-15-33-20-7-3-4-8-21(20)34-22/h1-8,17,22H,9-16H2/t22-/m1/s1. The van der Waals surface area contributed by atoms with E-state index in [9.17, 15) is 9.59 Å². The molecular weight excluding hydrogens is 464 g/mol. The molecule has 8 nitrogen and oxygen atoms in total. The van der Waals surface area contributed by atoms with Crippen LogP contribution in [-0.4, -0.2) is 76.2 Å². The third-order valence-corrected chi connectivity index (χ3v) is 7.56. The molecule has 0 radical (unpaired) electrons. The fraction of sp³-hybridized carbons (Fsp3) is 0.385.